The number of rotatable bonds is 19. The molecule has 3 saturated heterocycles. The first-order chi connectivity index (χ1) is 55.6. The van der Waals surface area contributed by atoms with Gasteiger partial charge in [0, 0.05) is 86.7 Å². The molecule has 3 fully saturated rings. The van der Waals surface area contributed by atoms with E-state index in [0.29, 0.717) is 138 Å². The summed E-state index contributed by atoms with van der Waals surface area (Å²) in [5.41, 5.74) is 31.6. The normalized spacial score (nSPS) is 15.7. The Morgan fingerprint density at radius 3 is 1.28 bits per heavy atom. The number of aliphatic hydroxyl groups is 2. The van der Waals surface area contributed by atoms with Crippen molar-refractivity contribution in [3.8, 4) is 33.8 Å². The standard InChI is InChI=1S/C29H31N7O2.C28H31N7O4.C27H25F2N7O2/c1-4-24(37)35-11-5-6-23(16-35)36-28-25(27(30)32-17-33-28)26(34-36)21-9-7-20(8-10-21)15-31-29(38)22-13-18(2)12-19(3)14-22;1-17-5-2-3-7-21(17)27(38)30-13-18-8-10-19(11-9-18)24-23-25(29)31-16-32-26(23)35(33-24)20-6-4-12-34(14-20)28(39)22(37)15-36;1-2-22(37)35-11-3-4-19(14-35)36-26-23(25(30)32-15-33-26)24(34-36)17-7-5-16(6-8-17)13-31-27(38)20-12-18(28)9-10-21(20)29/h4,7-10,12-14,17,23H,1,5-6,11,15-16H2,2-3H3,(H,31,38)(H2,30,32,33);2-3,5,7-11,16,20,22,36-37H,4,6,12-15H2,1H3,(H,30,38)(H2,29,31,32);2,5-10,12,15,19H,1,3-4,11,13-14H2,(H,31,38)(H2,30,32,33). The molecule has 0 radical (unpaired) electrons. The van der Waals surface area contributed by atoms with Crippen molar-refractivity contribution < 1.29 is 47.8 Å². The molecule has 0 aliphatic carbocycles. The number of aryl methyl sites for hydroxylation is 3. The number of fused-ring (bicyclic) bond motifs is 3. The number of aliphatic hydroxyl groups excluding tert-OH is 2. The highest BCUT2D eigenvalue weighted by molar-refractivity contribution is 6.01. The number of piperidine rings is 3. The van der Waals surface area contributed by atoms with Gasteiger partial charge in [-0.25, -0.2) is 52.7 Å². The number of nitrogen functional groups attached to an aromatic ring is 3. The van der Waals surface area contributed by atoms with E-state index in [1.54, 1.807) is 37.6 Å². The van der Waals surface area contributed by atoms with Crippen molar-refractivity contribution in [1.29, 1.82) is 0 Å². The van der Waals surface area contributed by atoms with Crippen molar-refractivity contribution in [2.75, 3.05) is 63.1 Å². The third-order valence-corrected chi connectivity index (χ3v) is 20.6. The minimum Gasteiger partial charge on any atom is -0.393 e. The molecule has 12 aromatic rings. The van der Waals surface area contributed by atoms with Gasteiger partial charge in [0.05, 0.1) is 46.5 Å². The molecule has 3 aliphatic rings. The first-order valence-electron chi connectivity index (χ1n) is 37.6. The molecule has 0 bridgehead atoms. The minimum atomic E-state index is -1.44. The van der Waals surface area contributed by atoms with Crippen molar-refractivity contribution in [1.82, 2.24) is 89.9 Å². The van der Waals surface area contributed by atoms with Gasteiger partial charge >= 0.3 is 0 Å². The van der Waals surface area contributed by atoms with Gasteiger partial charge in [-0.3, -0.25) is 28.8 Å². The Labute approximate surface area is 660 Å². The highest BCUT2D eigenvalue weighted by Gasteiger charge is 2.34. The van der Waals surface area contributed by atoms with Crippen LogP contribution in [0.2, 0.25) is 0 Å². The number of carbonyl (C=O) groups is 6. The number of aromatic nitrogens is 12. The third kappa shape index (κ3) is 17.9. The number of halogens is 2. The molecule has 6 amide bonds. The van der Waals surface area contributed by atoms with Gasteiger partial charge in [-0.15, -0.1) is 0 Å². The lowest BCUT2D eigenvalue weighted by atomic mass is 10.0. The Hall–Kier alpha value is -13.6. The Morgan fingerprint density at radius 2 is 0.878 bits per heavy atom. The fourth-order valence-electron chi connectivity index (χ4n) is 14.8. The van der Waals surface area contributed by atoms with Crippen LogP contribution < -0.4 is 33.2 Å². The molecule has 29 nitrogen and oxygen atoms in total. The first-order valence-corrected chi connectivity index (χ1v) is 37.6. The molecule has 15 rings (SSSR count). The van der Waals surface area contributed by atoms with E-state index in [1.165, 1.54) is 31.1 Å². The average Bonchev–Trinajstić information content (AvgIpc) is 1.62. The van der Waals surface area contributed by atoms with Gasteiger partial charge in [-0.05, 0) is 130 Å². The van der Waals surface area contributed by atoms with Crippen LogP contribution in [0.25, 0.3) is 66.9 Å². The zero-order chi connectivity index (χ0) is 81.1. The number of nitrogens with one attached hydrogen (secondary N) is 3. The first kappa shape index (κ1) is 79.5. The van der Waals surface area contributed by atoms with Crippen LogP contribution in [0.3, 0.4) is 0 Å². The highest BCUT2D eigenvalue weighted by atomic mass is 19.1. The van der Waals surface area contributed by atoms with E-state index in [9.17, 15) is 47.8 Å². The molecule has 6 aromatic heterocycles. The second-order valence-corrected chi connectivity index (χ2v) is 28.6. The molecule has 31 heteroatoms. The van der Waals surface area contributed by atoms with E-state index in [-0.39, 0.29) is 53.9 Å². The molecule has 0 spiro atoms. The second-order valence-electron chi connectivity index (χ2n) is 28.6. The Bertz CT molecular complexity index is 5640. The van der Waals surface area contributed by atoms with Gasteiger partial charge in [0.25, 0.3) is 23.6 Å². The van der Waals surface area contributed by atoms with Gasteiger partial charge in [0.1, 0.15) is 65.2 Å². The fourth-order valence-corrected chi connectivity index (χ4v) is 14.8. The van der Waals surface area contributed by atoms with Crippen molar-refractivity contribution in [2.45, 2.75) is 103 Å². The minimum absolute atomic E-state index is 0.0297. The maximum absolute atomic E-state index is 13.9. The number of hydrogen-bond donors (Lipinski definition) is 8. The van der Waals surface area contributed by atoms with Gasteiger partial charge in [0.15, 0.2) is 23.0 Å². The average molecular weight is 1560 g/mol. The Balaban J connectivity index is 0.000000150. The van der Waals surface area contributed by atoms with Crippen LogP contribution in [0.1, 0.15) is 121 Å². The predicted octanol–water partition coefficient (Wildman–Crippen LogP) is 9.44. The molecule has 11 N–H and O–H groups in total. The van der Waals surface area contributed by atoms with Crippen LogP contribution in [0.15, 0.2) is 178 Å². The molecule has 4 atom stereocenters. The summed E-state index contributed by atoms with van der Waals surface area (Å²) < 4.78 is 32.8. The van der Waals surface area contributed by atoms with E-state index in [1.807, 2.05) is 127 Å². The summed E-state index contributed by atoms with van der Waals surface area (Å²) in [6.07, 6.45) is 10.3. The lowest BCUT2D eigenvalue weighted by Crippen LogP contribution is -2.46. The molecule has 6 aromatic carbocycles. The molecule has 9 heterocycles. The summed E-state index contributed by atoms with van der Waals surface area (Å²) in [6, 6.07) is 38.5. The fraction of sp³-hybridized carbons (Fsp3) is 0.274. The third-order valence-electron chi connectivity index (χ3n) is 20.6. The number of nitrogens with two attached hydrogens (primary N) is 3. The van der Waals surface area contributed by atoms with Crippen LogP contribution in [0, 0.1) is 32.4 Å². The smallest absolute Gasteiger partial charge is 0.254 e. The zero-order valence-electron chi connectivity index (χ0n) is 63.7. The maximum Gasteiger partial charge on any atom is 0.254 e. The second kappa shape index (κ2) is 35.4. The summed E-state index contributed by atoms with van der Waals surface area (Å²) in [4.78, 5) is 105. The van der Waals surface area contributed by atoms with E-state index in [4.69, 9.17) is 32.5 Å². The highest BCUT2D eigenvalue weighted by Crippen LogP contribution is 2.38. The molecular weight excluding hydrogens is 1470 g/mol. The topological polar surface area (TPSA) is 398 Å². The lowest BCUT2D eigenvalue weighted by molar-refractivity contribution is -0.143. The lowest BCUT2D eigenvalue weighted by Gasteiger charge is -2.33. The van der Waals surface area contributed by atoms with Crippen molar-refractivity contribution >= 4 is 86.0 Å². The number of hydrogen-bond acceptors (Lipinski definition) is 20. The number of amides is 6. The maximum atomic E-state index is 13.9. The van der Waals surface area contributed by atoms with Crippen LogP contribution in [-0.2, 0) is 34.0 Å². The zero-order valence-corrected chi connectivity index (χ0v) is 63.7. The number of anilines is 3. The monoisotopic (exact) mass is 1560 g/mol. The van der Waals surface area contributed by atoms with Gasteiger partial charge in [0.2, 0.25) is 11.8 Å². The Morgan fingerprint density at radius 1 is 0.496 bits per heavy atom. The van der Waals surface area contributed by atoms with Crippen LogP contribution >= 0.6 is 0 Å². The summed E-state index contributed by atoms with van der Waals surface area (Å²) >= 11 is 0. The number of likely N-dealkylation sites (tertiary alicyclic amines) is 3. The summed E-state index contributed by atoms with van der Waals surface area (Å²) in [7, 11) is 0. The SMILES string of the molecule is C=CC(=O)N1CCCC(n2nc(-c3ccc(CNC(=O)c4cc(C)cc(C)c4)cc3)c3c(N)ncnc32)C1.C=CC(=O)N1CCCC(n2nc(-c3ccc(CNC(=O)c4cc(F)ccc4F)cc3)c3c(N)ncnc32)C1.Cc1ccccc1C(=O)NCc1ccc(-c2nn(C3CCCN(C(=O)C(O)CO)C3)c3ncnc(N)c23)cc1. The van der Waals surface area contributed by atoms with Crippen LogP contribution in [0.5, 0.6) is 0 Å². The van der Waals surface area contributed by atoms with Crippen molar-refractivity contribution in [3.63, 3.8) is 0 Å². The Kier molecular flexibility index (Phi) is 24.5. The molecule has 4 unspecified atom stereocenters. The number of benzene rings is 6. The molecule has 590 valence electrons. The number of carbonyl (C=O) groups excluding carboxylic acids is 6. The van der Waals surface area contributed by atoms with Crippen molar-refractivity contribution in [3.05, 3.63) is 239 Å². The quantitative estimate of drug-likeness (QED) is 0.0349. The molecule has 0 saturated carbocycles. The summed E-state index contributed by atoms with van der Waals surface area (Å²) in [6.45, 7) is 16.5. The summed E-state index contributed by atoms with van der Waals surface area (Å²) in [5.74, 6) is -2.18. The largest absolute Gasteiger partial charge is 0.393 e. The summed E-state index contributed by atoms with van der Waals surface area (Å²) in [5, 5.41) is 44.2. The van der Waals surface area contributed by atoms with E-state index in [0.717, 1.165) is 100 Å². The van der Waals surface area contributed by atoms with E-state index in [2.05, 4.69) is 59.0 Å². The van der Waals surface area contributed by atoms with E-state index >= 15 is 0 Å². The molecular formula is C84H87F2N21O8. The number of nitrogens with zero attached hydrogens (tertiary/aromatic N) is 15. The van der Waals surface area contributed by atoms with Crippen LogP contribution in [-0.4, -0.2) is 172 Å². The molecule has 3 aliphatic heterocycles. The predicted molar refractivity (Wildman–Crippen MR) is 431 cm³/mol. The van der Waals surface area contributed by atoms with Gasteiger partial charge in [-0.2, -0.15) is 15.3 Å². The van der Waals surface area contributed by atoms with Crippen LogP contribution in [0.4, 0.5) is 26.2 Å². The van der Waals surface area contributed by atoms with E-state index < -0.39 is 36.2 Å². The van der Waals surface area contributed by atoms with Gasteiger partial charge in [-0.1, -0.05) is 121 Å². The van der Waals surface area contributed by atoms with Gasteiger partial charge < -0.3 is 58.1 Å². The molecule has 115 heavy (non-hydrogen) atoms. The van der Waals surface area contributed by atoms with Crippen molar-refractivity contribution in [2.24, 2.45) is 0 Å².